The van der Waals surface area contributed by atoms with E-state index in [2.05, 4.69) is 41.3 Å². The summed E-state index contributed by atoms with van der Waals surface area (Å²) < 4.78 is 46.9. The Hall–Kier alpha value is -5.86. The zero-order valence-electron chi connectivity index (χ0n) is 35.7. The predicted molar refractivity (Wildman–Crippen MR) is 213 cm³/mol. The van der Waals surface area contributed by atoms with Crippen LogP contribution in [-0.4, -0.2) is 131 Å². The van der Waals surface area contributed by atoms with E-state index in [9.17, 15) is 37.5 Å². The zero-order chi connectivity index (χ0) is 45.0. The second-order valence-corrected chi connectivity index (χ2v) is 16.6. The maximum absolute atomic E-state index is 13.8. The lowest BCUT2D eigenvalue weighted by atomic mass is 9.94. The molecule has 0 aliphatic carbocycles. The van der Waals surface area contributed by atoms with Gasteiger partial charge in [0.25, 0.3) is 0 Å². The summed E-state index contributed by atoms with van der Waals surface area (Å²) >= 11 is 0. The van der Waals surface area contributed by atoms with Crippen LogP contribution in [0.2, 0.25) is 0 Å². The number of carbonyl (C=O) groups excluding carboxylic acids is 6. The average molecular weight is 850 g/mol. The number of rotatable bonds is 11. The molecule has 6 amide bonds. The van der Waals surface area contributed by atoms with Crippen LogP contribution in [0.4, 0.5) is 29.0 Å². The van der Waals surface area contributed by atoms with Crippen molar-refractivity contribution in [2.24, 2.45) is 11.8 Å². The van der Waals surface area contributed by atoms with Gasteiger partial charge in [0.2, 0.25) is 17.7 Å². The Morgan fingerprint density at radius 1 is 0.917 bits per heavy atom. The number of hydrogen-bond acceptors (Lipinski definition) is 13. The molecule has 1 aromatic heterocycles. The number of methoxy groups -OCH3 is 1. The van der Waals surface area contributed by atoms with Crippen molar-refractivity contribution >= 4 is 41.8 Å². The number of alkyl carbamates (subject to hydrolysis) is 2. The maximum atomic E-state index is 13.8. The Morgan fingerprint density at radius 2 is 1.50 bits per heavy atom. The molecule has 2 aliphatic heterocycles. The maximum Gasteiger partial charge on any atom is 0.407 e. The highest BCUT2D eigenvalue weighted by atomic mass is 19.1. The van der Waals surface area contributed by atoms with Crippen molar-refractivity contribution < 1.29 is 56.5 Å². The van der Waals surface area contributed by atoms with Gasteiger partial charge in [0.1, 0.15) is 17.0 Å². The molecule has 4 rings (SSSR count). The number of carbonyl (C=O) groups is 6. The number of aromatic nitrogens is 2. The van der Waals surface area contributed by atoms with Gasteiger partial charge in [-0.1, -0.05) is 0 Å². The summed E-state index contributed by atoms with van der Waals surface area (Å²) in [4.78, 5) is 84.1. The molecule has 19 nitrogen and oxygen atoms in total. The number of nitrogens with one attached hydrogen (secondary N) is 5. The second kappa shape index (κ2) is 20.9. The molecule has 2 aromatic rings. The third-order valence-electron chi connectivity index (χ3n) is 8.80. The van der Waals surface area contributed by atoms with Crippen molar-refractivity contribution in [3.05, 3.63) is 42.2 Å². The molecule has 0 unspecified atom stereocenters. The molecule has 5 N–H and O–H groups in total. The van der Waals surface area contributed by atoms with Crippen molar-refractivity contribution in [2.45, 2.75) is 85.1 Å². The molecule has 1 aromatic carbocycles. The first-order valence-electron chi connectivity index (χ1n) is 19.2. The van der Waals surface area contributed by atoms with E-state index in [1.165, 1.54) is 19.5 Å². The van der Waals surface area contributed by atoms with Crippen LogP contribution >= 0.6 is 0 Å². The van der Waals surface area contributed by atoms with Crippen molar-refractivity contribution in [3.8, 4) is 11.6 Å². The molecular weight excluding hydrogens is 792 g/mol. The van der Waals surface area contributed by atoms with Crippen LogP contribution in [0.3, 0.4) is 0 Å². The average Bonchev–Trinajstić information content (AvgIpc) is 3.14. The number of hydrogen-bond donors (Lipinski definition) is 5. The topological polar surface area (TPSA) is 232 Å². The summed E-state index contributed by atoms with van der Waals surface area (Å²) in [7, 11) is 1.23. The Bertz CT molecular complexity index is 1800. The number of esters is 1. The lowest BCUT2D eigenvalue weighted by Crippen LogP contribution is -2.66. The fourth-order valence-electron chi connectivity index (χ4n) is 5.84. The standard InChI is InChI=1S/C24H29F2N7O4.C15H28N2O6/c1-14(32-6-7-33(24(2,3)13-32)22(35)15-9-29-23(36)30-10-15)21(34)31-19-11-28-20(12-27-19)37-18-5-4-16(25)8-17(18)26;1-14(2,3)22-12(19)16-8-10(11(18)21-7)9-17-13(20)23-15(4,5)6/h4-5,8,11-12,14-15H,6-7,9-10,13H2,1-3H3,(H,27,31,34)(H2,29,30,36);10H,8-9H2,1-7H3,(H,16,19)(H,17,20)/t14-;/m0./s1. The normalized spacial score (nSPS) is 16.1. The van der Waals surface area contributed by atoms with Crippen LogP contribution in [0.5, 0.6) is 11.6 Å². The van der Waals surface area contributed by atoms with Crippen LogP contribution in [-0.2, 0) is 28.6 Å². The van der Waals surface area contributed by atoms with Gasteiger partial charge in [0, 0.05) is 51.9 Å². The number of anilines is 1. The van der Waals surface area contributed by atoms with Crippen molar-refractivity contribution in [3.63, 3.8) is 0 Å². The van der Waals surface area contributed by atoms with E-state index in [-0.39, 0.29) is 54.3 Å². The molecule has 0 bridgehead atoms. The van der Waals surface area contributed by atoms with Gasteiger partial charge < -0.3 is 50.4 Å². The number of amides is 6. The van der Waals surface area contributed by atoms with E-state index >= 15 is 0 Å². The zero-order valence-corrected chi connectivity index (χ0v) is 35.7. The third kappa shape index (κ3) is 15.7. The van der Waals surface area contributed by atoms with E-state index in [1.807, 2.05) is 23.6 Å². The van der Waals surface area contributed by atoms with Crippen LogP contribution in [0.25, 0.3) is 0 Å². The summed E-state index contributed by atoms with van der Waals surface area (Å²) in [5, 5.41) is 13.0. The van der Waals surface area contributed by atoms with Gasteiger partial charge in [-0.25, -0.2) is 33.1 Å². The van der Waals surface area contributed by atoms with E-state index in [0.29, 0.717) is 38.8 Å². The highest BCUT2D eigenvalue weighted by Crippen LogP contribution is 2.26. The smallest absolute Gasteiger partial charge is 0.407 e. The molecule has 332 valence electrons. The molecule has 3 heterocycles. The number of piperazine rings is 1. The summed E-state index contributed by atoms with van der Waals surface area (Å²) in [5.41, 5.74) is -1.81. The molecule has 60 heavy (non-hydrogen) atoms. The minimum absolute atomic E-state index is 0.0215. The molecule has 0 radical (unpaired) electrons. The molecular formula is C39H57F2N9O10. The van der Waals surface area contributed by atoms with Gasteiger partial charge in [0.05, 0.1) is 42.9 Å². The van der Waals surface area contributed by atoms with Crippen LogP contribution in [0.1, 0.15) is 62.3 Å². The first-order chi connectivity index (χ1) is 27.9. The lowest BCUT2D eigenvalue weighted by Gasteiger charge is -2.49. The fourth-order valence-corrected chi connectivity index (χ4v) is 5.84. The first-order valence-corrected chi connectivity index (χ1v) is 19.2. The SMILES string of the molecule is COC(=O)C(CNC(=O)OC(C)(C)C)CNC(=O)OC(C)(C)C.C[C@@H](C(=O)Nc1cnc(Oc2ccc(F)cc2F)cn1)N1CCN(C(=O)C2CNC(=O)NC2)C(C)(C)C1. The van der Waals surface area contributed by atoms with Crippen LogP contribution in [0.15, 0.2) is 30.6 Å². The highest BCUT2D eigenvalue weighted by molar-refractivity contribution is 5.93. The van der Waals surface area contributed by atoms with Gasteiger partial charge in [-0.3, -0.25) is 19.3 Å². The van der Waals surface area contributed by atoms with Gasteiger partial charge >= 0.3 is 24.2 Å². The first kappa shape index (κ1) is 48.5. The van der Waals surface area contributed by atoms with E-state index < -0.39 is 58.5 Å². The monoisotopic (exact) mass is 849 g/mol. The molecule has 2 fully saturated rings. The van der Waals surface area contributed by atoms with Gasteiger partial charge in [-0.2, -0.15) is 0 Å². The summed E-state index contributed by atoms with van der Waals surface area (Å²) in [6, 6.07) is 2.11. The number of benzene rings is 1. The van der Waals surface area contributed by atoms with Crippen molar-refractivity contribution in [2.75, 3.05) is 58.2 Å². The van der Waals surface area contributed by atoms with Gasteiger partial charge in [-0.05, 0) is 74.4 Å². The van der Waals surface area contributed by atoms with Crippen molar-refractivity contribution in [1.82, 2.24) is 41.0 Å². The minimum atomic E-state index is -0.875. The van der Waals surface area contributed by atoms with E-state index in [1.54, 1.807) is 48.5 Å². The summed E-state index contributed by atoms with van der Waals surface area (Å²) in [5.74, 6) is -3.63. The van der Waals surface area contributed by atoms with E-state index in [4.69, 9.17) is 14.2 Å². The highest BCUT2D eigenvalue weighted by Gasteiger charge is 2.42. The predicted octanol–water partition coefficient (Wildman–Crippen LogP) is 3.55. The number of nitrogens with zero attached hydrogens (tertiary/aromatic N) is 4. The molecule has 1 atom stereocenters. The quantitative estimate of drug-likeness (QED) is 0.161. The Morgan fingerprint density at radius 3 is 1.98 bits per heavy atom. The Balaban J connectivity index is 0.000000362. The summed E-state index contributed by atoms with van der Waals surface area (Å²) in [6.45, 7) is 18.0. The molecule has 21 heteroatoms. The molecule has 0 saturated carbocycles. The minimum Gasteiger partial charge on any atom is -0.469 e. The number of halogens is 2. The van der Waals surface area contributed by atoms with Crippen molar-refractivity contribution in [1.29, 1.82) is 0 Å². The molecule has 0 spiro atoms. The molecule has 2 aliphatic rings. The van der Waals surface area contributed by atoms with Crippen LogP contribution in [0, 0.1) is 23.5 Å². The summed E-state index contributed by atoms with van der Waals surface area (Å²) in [6.07, 6.45) is 1.20. The van der Waals surface area contributed by atoms with Crippen LogP contribution < -0.4 is 31.3 Å². The second-order valence-electron chi connectivity index (χ2n) is 16.6. The Labute approximate surface area is 348 Å². The van der Waals surface area contributed by atoms with Gasteiger partial charge in [-0.15, -0.1) is 0 Å². The molecule has 2 saturated heterocycles. The largest absolute Gasteiger partial charge is 0.469 e. The number of urea groups is 1. The van der Waals surface area contributed by atoms with Gasteiger partial charge in [0.15, 0.2) is 17.4 Å². The van der Waals surface area contributed by atoms with E-state index in [0.717, 1.165) is 12.1 Å². The Kier molecular flexibility index (Phi) is 16.9. The number of ether oxygens (including phenoxy) is 4. The fraction of sp³-hybridized carbons (Fsp3) is 0.590. The lowest BCUT2D eigenvalue weighted by molar-refractivity contribution is -0.146. The third-order valence-corrected chi connectivity index (χ3v) is 8.80.